The molecular formula is C45H32N2O. The first-order valence-electron chi connectivity index (χ1n) is 16.5. The van der Waals surface area contributed by atoms with Gasteiger partial charge in [0.1, 0.15) is 11.5 Å². The first-order valence-corrected chi connectivity index (χ1v) is 16.5. The summed E-state index contributed by atoms with van der Waals surface area (Å²) < 4.78 is 6.43. The Morgan fingerprint density at radius 1 is 0.604 bits per heavy atom. The summed E-state index contributed by atoms with van der Waals surface area (Å²) in [4.78, 5) is 10.2. The van der Waals surface area contributed by atoms with Crippen LogP contribution in [0.3, 0.4) is 0 Å². The molecule has 2 aliphatic rings. The number of rotatable bonds is 6. The number of nitrogens with zero attached hydrogens (tertiary/aromatic N) is 2. The molecule has 3 heterocycles. The summed E-state index contributed by atoms with van der Waals surface area (Å²) in [5.41, 5.74) is 13.2. The van der Waals surface area contributed by atoms with Gasteiger partial charge in [-0.05, 0) is 53.0 Å². The van der Waals surface area contributed by atoms with Crippen LogP contribution in [0.4, 0.5) is 0 Å². The van der Waals surface area contributed by atoms with E-state index in [0.29, 0.717) is 5.92 Å². The molecule has 9 rings (SSSR count). The Balaban J connectivity index is 1.03. The highest BCUT2D eigenvalue weighted by atomic mass is 16.5. The summed E-state index contributed by atoms with van der Waals surface area (Å²) in [5, 5.41) is 2.17. The Kier molecular flexibility index (Phi) is 6.83. The molecule has 0 radical (unpaired) electrons. The lowest BCUT2D eigenvalue weighted by Crippen LogP contribution is -2.04. The zero-order chi connectivity index (χ0) is 32.0. The molecule has 0 atom stereocenters. The van der Waals surface area contributed by atoms with Gasteiger partial charge in [-0.1, -0.05) is 140 Å². The number of fused-ring (bicyclic) bond motifs is 5. The van der Waals surface area contributed by atoms with Crippen molar-refractivity contribution in [3.8, 4) is 34.0 Å². The summed E-state index contributed by atoms with van der Waals surface area (Å²) in [6.45, 7) is 2.17. The van der Waals surface area contributed by atoms with Crippen molar-refractivity contribution in [2.45, 2.75) is 13.3 Å². The number of aromatic nitrogens is 2. The number of pyridine rings is 2. The van der Waals surface area contributed by atoms with Gasteiger partial charge in [0.2, 0.25) is 0 Å². The van der Waals surface area contributed by atoms with E-state index in [1.54, 1.807) is 0 Å². The largest absolute Gasteiger partial charge is 0.456 e. The number of ether oxygens (including phenoxy) is 1. The number of hydrogen-bond donors (Lipinski definition) is 0. The van der Waals surface area contributed by atoms with Gasteiger partial charge in [-0.15, -0.1) is 0 Å². The van der Waals surface area contributed by atoms with Gasteiger partial charge in [0.15, 0.2) is 0 Å². The average Bonchev–Trinajstić information content (AvgIpc) is 3.99. The smallest absolute Gasteiger partial charge is 0.138 e. The first-order chi connectivity index (χ1) is 23.7. The third kappa shape index (κ3) is 5.20. The molecule has 228 valence electrons. The molecular weight excluding hydrogens is 585 g/mol. The van der Waals surface area contributed by atoms with E-state index < -0.39 is 0 Å². The molecule has 0 saturated carbocycles. The van der Waals surface area contributed by atoms with Crippen LogP contribution in [0.2, 0.25) is 0 Å². The van der Waals surface area contributed by atoms with E-state index in [9.17, 15) is 0 Å². The van der Waals surface area contributed by atoms with Crippen molar-refractivity contribution in [3.05, 3.63) is 180 Å². The minimum absolute atomic E-state index is 0.350. The van der Waals surface area contributed by atoms with Crippen LogP contribution in [0.1, 0.15) is 29.2 Å². The molecule has 1 aliphatic heterocycles. The monoisotopic (exact) mass is 616 g/mol. The summed E-state index contributed by atoms with van der Waals surface area (Å²) in [5.74, 6) is 2.27. The van der Waals surface area contributed by atoms with E-state index in [0.717, 1.165) is 67.8 Å². The van der Waals surface area contributed by atoms with E-state index in [1.807, 2.05) is 24.3 Å². The minimum atomic E-state index is 0.350. The van der Waals surface area contributed by atoms with Crippen LogP contribution in [0, 0.1) is 5.92 Å². The second-order valence-electron chi connectivity index (χ2n) is 12.6. The van der Waals surface area contributed by atoms with Gasteiger partial charge in [0, 0.05) is 39.8 Å². The Morgan fingerprint density at radius 2 is 1.23 bits per heavy atom. The average molecular weight is 617 g/mol. The number of para-hydroxylation sites is 2. The molecule has 5 aromatic carbocycles. The van der Waals surface area contributed by atoms with Crippen molar-refractivity contribution in [2.75, 3.05) is 0 Å². The van der Waals surface area contributed by atoms with Gasteiger partial charge in [0.05, 0.1) is 22.4 Å². The third-order valence-corrected chi connectivity index (χ3v) is 9.45. The predicted molar refractivity (Wildman–Crippen MR) is 198 cm³/mol. The molecule has 0 unspecified atom stereocenters. The van der Waals surface area contributed by atoms with E-state index in [2.05, 4.69) is 140 Å². The van der Waals surface area contributed by atoms with Gasteiger partial charge in [-0.2, -0.15) is 0 Å². The van der Waals surface area contributed by atoms with E-state index in [-0.39, 0.29) is 0 Å². The summed E-state index contributed by atoms with van der Waals surface area (Å²) in [7, 11) is 0. The van der Waals surface area contributed by atoms with Crippen molar-refractivity contribution in [1.82, 2.24) is 9.97 Å². The maximum Gasteiger partial charge on any atom is 0.138 e. The molecule has 0 bridgehead atoms. The molecule has 2 aromatic heterocycles. The van der Waals surface area contributed by atoms with Crippen LogP contribution in [0.15, 0.2) is 158 Å². The highest BCUT2D eigenvalue weighted by Gasteiger charge is 2.21. The van der Waals surface area contributed by atoms with E-state index in [1.165, 1.54) is 27.8 Å². The number of allylic oxidation sites excluding steroid dienone is 6. The predicted octanol–water partition coefficient (Wildman–Crippen LogP) is 11.5. The lowest BCUT2D eigenvalue weighted by molar-refractivity contribution is 0.458. The minimum Gasteiger partial charge on any atom is -0.456 e. The highest BCUT2D eigenvalue weighted by molar-refractivity contribution is 6.04. The molecule has 1 aliphatic carbocycles. The Hall–Kier alpha value is -6.06. The van der Waals surface area contributed by atoms with Gasteiger partial charge in [0.25, 0.3) is 0 Å². The standard InChI is InChI=1S/C45H32N2O/c1-29(38-12-7-11-37-28-36-10-5-6-13-42(36)48-45(37)38)14-25-39(30-15-16-30)31-17-19-33(20-18-31)41-27-24-35-22-21-34-23-26-40(32-8-3-2-4-9-32)46-43(34)44(35)47-41/h2-27,30H,28H2,1H3/b29-14+,39-25+. The number of benzene rings is 5. The fourth-order valence-electron chi connectivity index (χ4n) is 6.72. The summed E-state index contributed by atoms with van der Waals surface area (Å²) in [6, 6.07) is 46.7. The molecule has 0 spiro atoms. The van der Waals surface area contributed by atoms with Crippen LogP contribution in [-0.2, 0) is 6.42 Å². The quantitative estimate of drug-likeness (QED) is 0.106. The molecule has 0 fully saturated rings. The van der Waals surface area contributed by atoms with E-state index >= 15 is 0 Å². The maximum absolute atomic E-state index is 6.43. The van der Waals surface area contributed by atoms with Crippen LogP contribution in [0.5, 0.6) is 11.5 Å². The highest BCUT2D eigenvalue weighted by Crippen LogP contribution is 2.41. The number of hydrogen-bond acceptors (Lipinski definition) is 3. The second-order valence-corrected chi connectivity index (χ2v) is 12.6. The Bertz CT molecular complexity index is 2450. The topological polar surface area (TPSA) is 35.0 Å². The Labute approximate surface area is 280 Å². The zero-order valence-electron chi connectivity index (χ0n) is 26.6. The van der Waals surface area contributed by atoms with Crippen molar-refractivity contribution >= 4 is 33.0 Å². The van der Waals surface area contributed by atoms with Crippen LogP contribution >= 0.6 is 0 Å². The van der Waals surface area contributed by atoms with E-state index in [4.69, 9.17) is 14.7 Å². The lowest BCUT2D eigenvalue weighted by atomic mass is 9.94. The SMILES string of the molecule is C/C(=C\C=C(\c1ccc(-c2ccc3ccc4ccc(-c5ccccc5)nc4c3n2)cc1)C1C=C1)c1cccc2c1Oc1ccccc1C2. The van der Waals surface area contributed by atoms with Crippen molar-refractivity contribution < 1.29 is 4.74 Å². The maximum atomic E-state index is 6.43. The Morgan fingerprint density at radius 3 is 1.94 bits per heavy atom. The lowest BCUT2D eigenvalue weighted by Gasteiger charge is -2.22. The normalized spacial score (nSPS) is 14.1. The van der Waals surface area contributed by atoms with Crippen LogP contribution in [0.25, 0.3) is 55.5 Å². The van der Waals surface area contributed by atoms with Crippen LogP contribution in [-0.4, -0.2) is 9.97 Å². The van der Waals surface area contributed by atoms with Crippen LogP contribution < -0.4 is 4.74 Å². The molecule has 3 nitrogen and oxygen atoms in total. The van der Waals surface area contributed by atoms with Crippen molar-refractivity contribution in [3.63, 3.8) is 0 Å². The van der Waals surface area contributed by atoms with Crippen molar-refractivity contribution in [1.29, 1.82) is 0 Å². The van der Waals surface area contributed by atoms with Gasteiger partial charge >= 0.3 is 0 Å². The molecule has 0 saturated heterocycles. The third-order valence-electron chi connectivity index (χ3n) is 9.45. The first kappa shape index (κ1) is 28.2. The summed E-state index contributed by atoms with van der Waals surface area (Å²) >= 11 is 0. The molecule has 0 N–H and O–H groups in total. The molecule has 7 aromatic rings. The summed E-state index contributed by atoms with van der Waals surface area (Å²) in [6.07, 6.45) is 9.89. The fraction of sp³-hybridized carbons (Fsp3) is 0.0667. The van der Waals surface area contributed by atoms with Gasteiger partial charge in [-0.3, -0.25) is 0 Å². The van der Waals surface area contributed by atoms with Gasteiger partial charge < -0.3 is 4.74 Å². The molecule has 0 amide bonds. The fourth-order valence-corrected chi connectivity index (χ4v) is 6.72. The zero-order valence-corrected chi connectivity index (χ0v) is 26.6. The molecule has 48 heavy (non-hydrogen) atoms. The second kappa shape index (κ2) is 11.6. The van der Waals surface area contributed by atoms with Gasteiger partial charge in [-0.25, -0.2) is 9.97 Å². The van der Waals surface area contributed by atoms with Crippen molar-refractivity contribution in [2.24, 2.45) is 5.92 Å². The molecule has 3 heteroatoms.